The normalized spacial score (nSPS) is 10.7. The molecule has 0 fully saturated rings. The molecule has 0 aliphatic heterocycles. The van der Waals surface area contributed by atoms with Crippen LogP contribution in [-0.2, 0) is 6.42 Å². The SMILES string of the molecule is CCCNc1nc(-c2c(Cl)cccc2Cl)nc(CC)c1C. The lowest BCUT2D eigenvalue weighted by molar-refractivity contribution is 0.936. The van der Waals surface area contributed by atoms with Crippen LogP contribution in [-0.4, -0.2) is 16.5 Å². The molecule has 1 N–H and O–H groups in total. The topological polar surface area (TPSA) is 37.8 Å². The smallest absolute Gasteiger partial charge is 0.164 e. The average Bonchev–Trinajstić information content (AvgIpc) is 2.47. The Morgan fingerprint density at radius 1 is 1.10 bits per heavy atom. The highest BCUT2D eigenvalue weighted by molar-refractivity contribution is 6.38. The van der Waals surface area contributed by atoms with Gasteiger partial charge in [-0.3, -0.25) is 0 Å². The molecule has 5 heteroatoms. The number of hydrogen-bond donors (Lipinski definition) is 1. The quantitative estimate of drug-likeness (QED) is 0.827. The van der Waals surface area contributed by atoms with Crippen LogP contribution in [0.2, 0.25) is 10.0 Å². The second-order valence-corrected chi connectivity index (χ2v) is 5.66. The summed E-state index contributed by atoms with van der Waals surface area (Å²) in [5.41, 5.74) is 2.78. The molecule has 0 atom stereocenters. The molecule has 2 aromatic rings. The maximum absolute atomic E-state index is 6.27. The van der Waals surface area contributed by atoms with Gasteiger partial charge < -0.3 is 5.32 Å². The first-order valence-corrected chi connectivity index (χ1v) is 7.89. The fourth-order valence-corrected chi connectivity index (χ4v) is 2.71. The Hall–Kier alpha value is -1.32. The zero-order chi connectivity index (χ0) is 15.4. The van der Waals surface area contributed by atoms with Gasteiger partial charge in [0, 0.05) is 17.8 Å². The Labute approximate surface area is 135 Å². The summed E-state index contributed by atoms with van der Waals surface area (Å²) in [6.45, 7) is 7.11. The molecule has 1 aromatic heterocycles. The zero-order valence-corrected chi connectivity index (χ0v) is 14.0. The van der Waals surface area contributed by atoms with Crippen molar-refractivity contribution in [2.45, 2.75) is 33.6 Å². The summed E-state index contributed by atoms with van der Waals surface area (Å²) < 4.78 is 0. The lowest BCUT2D eigenvalue weighted by Crippen LogP contribution is -2.09. The highest BCUT2D eigenvalue weighted by atomic mass is 35.5. The molecule has 0 unspecified atom stereocenters. The van der Waals surface area contributed by atoms with Crippen molar-refractivity contribution in [3.63, 3.8) is 0 Å². The van der Waals surface area contributed by atoms with E-state index in [1.54, 1.807) is 12.1 Å². The highest BCUT2D eigenvalue weighted by Gasteiger charge is 2.15. The number of aromatic nitrogens is 2. The van der Waals surface area contributed by atoms with Crippen molar-refractivity contribution in [1.29, 1.82) is 0 Å². The Morgan fingerprint density at radius 2 is 1.76 bits per heavy atom. The molecule has 3 nitrogen and oxygen atoms in total. The van der Waals surface area contributed by atoms with E-state index >= 15 is 0 Å². The molecule has 1 heterocycles. The molecule has 2 rings (SSSR count). The van der Waals surface area contributed by atoms with Crippen LogP contribution >= 0.6 is 23.2 Å². The van der Waals surface area contributed by atoms with E-state index in [4.69, 9.17) is 23.2 Å². The fraction of sp³-hybridized carbons (Fsp3) is 0.375. The lowest BCUT2D eigenvalue weighted by atomic mass is 10.1. The average molecular weight is 324 g/mol. The van der Waals surface area contributed by atoms with Gasteiger partial charge in [-0.1, -0.05) is 43.1 Å². The summed E-state index contributed by atoms with van der Waals surface area (Å²) in [4.78, 5) is 9.25. The van der Waals surface area contributed by atoms with Gasteiger partial charge in [-0.2, -0.15) is 0 Å². The van der Waals surface area contributed by atoms with Gasteiger partial charge in [0.25, 0.3) is 0 Å². The first kappa shape index (κ1) is 16.1. The predicted molar refractivity (Wildman–Crippen MR) is 90.4 cm³/mol. The molecule has 0 amide bonds. The highest BCUT2D eigenvalue weighted by Crippen LogP contribution is 2.33. The maximum atomic E-state index is 6.27. The summed E-state index contributed by atoms with van der Waals surface area (Å²) in [5.74, 6) is 1.43. The standard InChI is InChI=1S/C16H19Cl2N3/c1-4-9-19-15-10(3)13(5-2)20-16(21-15)14-11(17)7-6-8-12(14)18/h6-8H,4-5,9H2,1-3H3,(H,19,20,21). The second-order valence-electron chi connectivity index (χ2n) is 4.84. The summed E-state index contributed by atoms with van der Waals surface area (Å²) in [6, 6.07) is 5.42. The molecule has 0 spiro atoms. The van der Waals surface area contributed by atoms with Crippen LogP contribution in [0.3, 0.4) is 0 Å². The molecule has 0 aliphatic carbocycles. The number of hydrogen-bond acceptors (Lipinski definition) is 3. The summed E-state index contributed by atoms with van der Waals surface area (Å²) in [5, 5.41) is 4.48. The number of rotatable bonds is 5. The number of aryl methyl sites for hydroxylation is 1. The number of nitrogens with one attached hydrogen (secondary N) is 1. The van der Waals surface area contributed by atoms with Crippen LogP contribution in [0.25, 0.3) is 11.4 Å². The van der Waals surface area contributed by atoms with Crippen molar-refractivity contribution in [3.8, 4) is 11.4 Å². The molecule has 0 saturated heterocycles. The van der Waals surface area contributed by atoms with Crippen LogP contribution in [0, 0.1) is 6.92 Å². The molecule has 0 bridgehead atoms. The molecular weight excluding hydrogens is 305 g/mol. The van der Waals surface area contributed by atoms with Crippen molar-refractivity contribution < 1.29 is 0 Å². The van der Waals surface area contributed by atoms with Crippen molar-refractivity contribution in [3.05, 3.63) is 39.5 Å². The summed E-state index contributed by atoms with van der Waals surface area (Å²) in [7, 11) is 0. The minimum atomic E-state index is 0.565. The van der Waals surface area contributed by atoms with Crippen LogP contribution in [0.15, 0.2) is 18.2 Å². The lowest BCUT2D eigenvalue weighted by Gasteiger charge is -2.14. The van der Waals surface area contributed by atoms with Gasteiger partial charge in [-0.25, -0.2) is 9.97 Å². The van der Waals surface area contributed by atoms with Crippen molar-refractivity contribution >= 4 is 29.0 Å². The Balaban J connectivity index is 2.58. The van der Waals surface area contributed by atoms with Gasteiger partial charge >= 0.3 is 0 Å². The van der Waals surface area contributed by atoms with Crippen molar-refractivity contribution in [2.75, 3.05) is 11.9 Å². The van der Waals surface area contributed by atoms with Crippen LogP contribution in [0.5, 0.6) is 0 Å². The van der Waals surface area contributed by atoms with Crippen molar-refractivity contribution in [2.24, 2.45) is 0 Å². The van der Waals surface area contributed by atoms with E-state index in [-0.39, 0.29) is 0 Å². The van der Waals surface area contributed by atoms with Crippen LogP contribution in [0.1, 0.15) is 31.5 Å². The minimum Gasteiger partial charge on any atom is -0.370 e. The summed E-state index contributed by atoms with van der Waals surface area (Å²) in [6.07, 6.45) is 1.87. The molecule has 0 radical (unpaired) electrons. The number of nitrogens with zero attached hydrogens (tertiary/aromatic N) is 2. The third kappa shape index (κ3) is 3.47. The molecular formula is C16H19Cl2N3. The molecule has 0 aliphatic rings. The summed E-state index contributed by atoms with van der Waals surface area (Å²) >= 11 is 12.5. The number of halogens is 2. The van der Waals surface area contributed by atoms with Gasteiger partial charge in [0.1, 0.15) is 5.82 Å². The monoisotopic (exact) mass is 323 g/mol. The third-order valence-electron chi connectivity index (χ3n) is 3.31. The molecule has 0 saturated carbocycles. The third-order valence-corrected chi connectivity index (χ3v) is 3.94. The molecule has 1 aromatic carbocycles. The van der Waals surface area contributed by atoms with Crippen molar-refractivity contribution in [1.82, 2.24) is 9.97 Å². The maximum Gasteiger partial charge on any atom is 0.164 e. The van der Waals surface area contributed by atoms with Gasteiger partial charge in [-0.05, 0) is 31.9 Å². The first-order valence-electron chi connectivity index (χ1n) is 7.14. The van der Waals surface area contributed by atoms with E-state index in [1.807, 2.05) is 13.0 Å². The Kier molecular flexibility index (Phi) is 5.43. The molecule has 112 valence electrons. The number of anilines is 1. The van der Waals surface area contributed by atoms with E-state index in [9.17, 15) is 0 Å². The second kappa shape index (κ2) is 7.10. The Morgan fingerprint density at radius 3 is 2.33 bits per heavy atom. The zero-order valence-electron chi connectivity index (χ0n) is 12.5. The van der Waals surface area contributed by atoms with Gasteiger partial charge in [-0.15, -0.1) is 0 Å². The van der Waals surface area contributed by atoms with E-state index in [0.29, 0.717) is 21.4 Å². The van der Waals surface area contributed by atoms with E-state index < -0.39 is 0 Å². The van der Waals surface area contributed by atoms with Gasteiger partial charge in [0.15, 0.2) is 5.82 Å². The van der Waals surface area contributed by atoms with Gasteiger partial charge in [0.05, 0.1) is 15.6 Å². The van der Waals surface area contributed by atoms with E-state index in [2.05, 4.69) is 29.1 Å². The van der Waals surface area contributed by atoms with Crippen LogP contribution < -0.4 is 5.32 Å². The fourth-order valence-electron chi connectivity index (χ4n) is 2.15. The van der Waals surface area contributed by atoms with E-state index in [1.165, 1.54) is 0 Å². The predicted octanol–water partition coefficient (Wildman–Crippen LogP) is 5.14. The Bertz CT molecular complexity index is 621. The largest absolute Gasteiger partial charge is 0.370 e. The van der Waals surface area contributed by atoms with E-state index in [0.717, 1.165) is 36.5 Å². The minimum absolute atomic E-state index is 0.565. The molecule has 21 heavy (non-hydrogen) atoms. The van der Waals surface area contributed by atoms with Crippen LogP contribution in [0.4, 0.5) is 5.82 Å². The number of benzene rings is 1. The first-order chi connectivity index (χ1) is 10.1. The van der Waals surface area contributed by atoms with Gasteiger partial charge in [0.2, 0.25) is 0 Å².